The first kappa shape index (κ1) is 28.1. The second-order valence-electron chi connectivity index (χ2n) is 10.1. The Morgan fingerprint density at radius 3 is 2.61 bits per heavy atom. The zero-order chi connectivity index (χ0) is 29.1. The summed E-state index contributed by atoms with van der Waals surface area (Å²) < 4.78 is 10.3. The topological polar surface area (TPSA) is 127 Å². The third-order valence-corrected chi connectivity index (χ3v) is 8.35. The maximum atomic E-state index is 13.3. The number of aromatic nitrogens is 1. The number of amides is 2. The van der Waals surface area contributed by atoms with Crippen molar-refractivity contribution >= 4 is 41.0 Å². The van der Waals surface area contributed by atoms with Crippen molar-refractivity contribution in [3.63, 3.8) is 0 Å². The van der Waals surface area contributed by atoms with E-state index in [0.717, 1.165) is 47.2 Å². The number of carbonyl (C=O) groups is 4. The number of ketones is 1. The van der Waals surface area contributed by atoms with E-state index in [9.17, 15) is 24.4 Å². The molecule has 2 heterocycles. The maximum absolute atomic E-state index is 13.3. The fraction of sp³-hybridized carbons (Fsp3) is 0.290. The van der Waals surface area contributed by atoms with Gasteiger partial charge in [-0.15, -0.1) is 0 Å². The predicted octanol–water partition coefficient (Wildman–Crippen LogP) is 4.55. The Balaban J connectivity index is 1.23. The van der Waals surface area contributed by atoms with Crippen LogP contribution in [0.4, 0.5) is 5.69 Å². The van der Waals surface area contributed by atoms with Crippen LogP contribution in [0, 0.1) is 17.2 Å². The largest absolute Gasteiger partial charge is 0.497 e. The number of Topliss-reactive ketones (excluding diaryl/α,β-unsaturated/α-hetero) is 1. The lowest BCUT2D eigenvalue weighted by atomic mass is 9.87. The molecule has 0 N–H and O–H groups in total. The van der Waals surface area contributed by atoms with Crippen LogP contribution >= 0.6 is 11.8 Å². The number of benzene rings is 2. The number of nitrogens with zero attached hydrogens (tertiary/aromatic N) is 3. The first-order chi connectivity index (χ1) is 19.8. The lowest BCUT2D eigenvalue weighted by molar-refractivity contribution is -0.121. The highest BCUT2D eigenvalue weighted by Crippen LogP contribution is 2.36. The molecule has 2 aromatic carbocycles. The molecule has 0 spiro atoms. The standard InChI is InChI=1S/C31H27N3O6S/c1-18-6-11-25-21(12-18)13-22(16-32)29(33-25)41-27-15-28(36)34(30(27)37)23-9-7-19(8-10-23)31(38)40-17-26(35)20-4-3-5-24(14-20)39-2/h3-5,7-10,13-14,18,27H,6,11-12,15,17H2,1-2H3. The molecule has 0 saturated carbocycles. The second-order valence-corrected chi connectivity index (χ2v) is 11.3. The molecule has 41 heavy (non-hydrogen) atoms. The van der Waals surface area contributed by atoms with Gasteiger partial charge >= 0.3 is 5.97 Å². The van der Waals surface area contributed by atoms with Crippen LogP contribution in [-0.4, -0.2) is 47.5 Å². The van der Waals surface area contributed by atoms with Crippen LogP contribution < -0.4 is 9.64 Å². The van der Waals surface area contributed by atoms with E-state index in [1.165, 1.54) is 31.4 Å². The molecular weight excluding hydrogens is 542 g/mol. The molecule has 2 atom stereocenters. The summed E-state index contributed by atoms with van der Waals surface area (Å²) in [7, 11) is 1.49. The SMILES string of the molecule is COc1cccc(C(=O)COC(=O)c2ccc(N3C(=O)CC(Sc4nc5c(cc4C#N)CC(C)CC5)C3=O)cc2)c1. The molecule has 3 aromatic rings. The summed E-state index contributed by atoms with van der Waals surface area (Å²) in [6, 6.07) is 16.4. The Labute approximate surface area is 241 Å². The minimum atomic E-state index is -0.713. The molecule has 9 nitrogen and oxygen atoms in total. The van der Waals surface area contributed by atoms with E-state index in [-0.39, 0.29) is 23.7 Å². The Morgan fingerprint density at radius 1 is 1.10 bits per heavy atom. The van der Waals surface area contributed by atoms with E-state index in [2.05, 4.69) is 13.0 Å². The molecule has 1 aromatic heterocycles. The molecule has 0 radical (unpaired) electrons. The van der Waals surface area contributed by atoms with Gasteiger partial charge in [-0.1, -0.05) is 30.8 Å². The number of hydrogen-bond acceptors (Lipinski definition) is 9. The summed E-state index contributed by atoms with van der Waals surface area (Å²) in [5.41, 5.74) is 3.28. The van der Waals surface area contributed by atoms with Gasteiger partial charge in [-0.3, -0.25) is 14.4 Å². The molecule has 1 saturated heterocycles. The fourth-order valence-electron chi connectivity index (χ4n) is 4.94. The zero-order valence-electron chi connectivity index (χ0n) is 22.6. The molecule has 0 bridgehead atoms. The van der Waals surface area contributed by atoms with Crippen LogP contribution in [-0.2, 0) is 27.2 Å². The monoisotopic (exact) mass is 569 g/mol. The van der Waals surface area contributed by atoms with Crippen molar-refractivity contribution in [3.8, 4) is 11.8 Å². The maximum Gasteiger partial charge on any atom is 0.338 e. The average molecular weight is 570 g/mol. The van der Waals surface area contributed by atoms with Crippen LogP contribution in [0.15, 0.2) is 59.6 Å². The molecule has 2 unspecified atom stereocenters. The molecule has 2 aliphatic rings. The second kappa shape index (κ2) is 11.9. The number of anilines is 1. The van der Waals surface area contributed by atoms with E-state index >= 15 is 0 Å². The van der Waals surface area contributed by atoms with Gasteiger partial charge in [0.1, 0.15) is 16.8 Å². The summed E-state index contributed by atoms with van der Waals surface area (Å²) in [5.74, 6) is -0.825. The van der Waals surface area contributed by atoms with Gasteiger partial charge in [0.05, 0.1) is 29.2 Å². The van der Waals surface area contributed by atoms with Crippen molar-refractivity contribution in [2.45, 2.75) is 42.9 Å². The number of aryl methyl sites for hydroxylation is 1. The Hall–Kier alpha value is -4.49. The van der Waals surface area contributed by atoms with Gasteiger partial charge in [0.2, 0.25) is 11.8 Å². The molecule has 10 heteroatoms. The quantitative estimate of drug-likeness (QED) is 0.218. The summed E-state index contributed by atoms with van der Waals surface area (Å²) in [4.78, 5) is 56.8. The number of imide groups is 1. The van der Waals surface area contributed by atoms with Crippen LogP contribution in [0.3, 0.4) is 0 Å². The lowest BCUT2D eigenvalue weighted by Gasteiger charge is -2.22. The van der Waals surface area contributed by atoms with Crippen molar-refractivity contribution in [1.82, 2.24) is 4.98 Å². The zero-order valence-corrected chi connectivity index (χ0v) is 23.4. The summed E-state index contributed by atoms with van der Waals surface area (Å²) in [5, 5.41) is 9.45. The lowest BCUT2D eigenvalue weighted by Crippen LogP contribution is -2.31. The van der Waals surface area contributed by atoms with Crippen molar-refractivity contribution in [3.05, 3.63) is 82.5 Å². The van der Waals surface area contributed by atoms with Gasteiger partial charge in [0.15, 0.2) is 12.4 Å². The number of nitriles is 1. The van der Waals surface area contributed by atoms with E-state index < -0.39 is 23.7 Å². The summed E-state index contributed by atoms with van der Waals surface area (Å²) >= 11 is 1.14. The molecule has 208 valence electrons. The molecule has 1 aliphatic heterocycles. The third kappa shape index (κ3) is 6.00. The highest BCUT2D eigenvalue weighted by Gasteiger charge is 2.41. The van der Waals surface area contributed by atoms with Crippen LogP contribution in [0.2, 0.25) is 0 Å². The van der Waals surface area contributed by atoms with Crippen LogP contribution in [0.25, 0.3) is 0 Å². The number of pyridine rings is 1. The van der Waals surface area contributed by atoms with Gasteiger partial charge in [0, 0.05) is 17.7 Å². The van der Waals surface area contributed by atoms with E-state index in [4.69, 9.17) is 14.5 Å². The third-order valence-electron chi connectivity index (χ3n) is 7.17. The number of rotatable bonds is 8. The van der Waals surface area contributed by atoms with Gasteiger partial charge in [0.25, 0.3) is 0 Å². The number of carbonyl (C=O) groups excluding carboxylic acids is 4. The smallest absolute Gasteiger partial charge is 0.338 e. The van der Waals surface area contributed by atoms with Gasteiger partial charge in [-0.2, -0.15) is 5.26 Å². The number of hydrogen-bond donors (Lipinski definition) is 0. The van der Waals surface area contributed by atoms with Gasteiger partial charge in [-0.25, -0.2) is 14.7 Å². The Bertz CT molecular complexity index is 1580. The van der Waals surface area contributed by atoms with Gasteiger partial charge in [-0.05, 0) is 73.2 Å². The minimum absolute atomic E-state index is 0.0274. The molecule has 1 aliphatic carbocycles. The van der Waals surface area contributed by atoms with Crippen molar-refractivity contribution in [1.29, 1.82) is 5.26 Å². The number of thioether (sulfide) groups is 1. The van der Waals surface area contributed by atoms with Crippen molar-refractivity contribution < 1.29 is 28.7 Å². The summed E-state index contributed by atoms with van der Waals surface area (Å²) in [6.45, 7) is 1.73. The molecule has 1 fully saturated rings. The van der Waals surface area contributed by atoms with Gasteiger partial charge < -0.3 is 9.47 Å². The number of esters is 1. The molecule has 2 amide bonds. The highest BCUT2D eigenvalue weighted by molar-refractivity contribution is 8.00. The van der Waals surface area contributed by atoms with E-state index in [1.807, 2.05) is 6.07 Å². The Morgan fingerprint density at radius 2 is 1.88 bits per heavy atom. The molecule has 5 rings (SSSR count). The normalized spacial score (nSPS) is 18.0. The molecular formula is C31H27N3O6S. The van der Waals surface area contributed by atoms with E-state index in [0.29, 0.717) is 33.5 Å². The van der Waals surface area contributed by atoms with Crippen molar-refractivity contribution in [2.24, 2.45) is 5.92 Å². The predicted molar refractivity (Wildman–Crippen MR) is 151 cm³/mol. The average Bonchev–Trinajstić information content (AvgIpc) is 3.27. The first-order valence-corrected chi connectivity index (χ1v) is 14.1. The number of fused-ring (bicyclic) bond motifs is 1. The summed E-state index contributed by atoms with van der Waals surface area (Å²) in [6.07, 6.45) is 2.69. The fourth-order valence-corrected chi connectivity index (χ4v) is 6.04. The first-order valence-electron chi connectivity index (χ1n) is 13.2. The Kier molecular flexibility index (Phi) is 8.17. The van der Waals surface area contributed by atoms with Crippen LogP contribution in [0.5, 0.6) is 5.75 Å². The number of methoxy groups -OCH3 is 1. The number of ether oxygens (including phenoxy) is 2. The minimum Gasteiger partial charge on any atom is -0.497 e. The van der Waals surface area contributed by atoms with Crippen molar-refractivity contribution in [2.75, 3.05) is 18.6 Å². The van der Waals surface area contributed by atoms with Crippen LogP contribution in [0.1, 0.15) is 57.3 Å². The highest BCUT2D eigenvalue weighted by atomic mass is 32.2. The van der Waals surface area contributed by atoms with E-state index in [1.54, 1.807) is 24.3 Å².